The van der Waals surface area contributed by atoms with E-state index in [4.69, 9.17) is 0 Å². The van der Waals surface area contributed by atoms with Crippen LogP contribution in [-0.2, 0) is 4.74 Å². The summed E-state index contributed by atoms with van der Waals surface area (Å²) in [6, 6.07) is 0. The molecule has 0 aromatic rings. The van der Waals surface area contributed by atoms with Gasteiger partial charge in [0.15, 0.2) is 5.90 Å². The predicted octanol–water partition coefficient (Wildman–Crippen LogP) is 2.73. The van der Waals surface area contributed by atoms with E-state index >= 15 is 0 Å². The number of rotatable bonds is 0. The van der Waals surface area contributed by atoms with E-state index in [1.165, 1.54) is 0 Å². The van der Waals surface area contributed by atoms with Crippen LogP contribution >= 0.6 is 0 Å². The molecule has 0 unspecified atom stereocenters. The molecule has 0 fully saturated rings. The van der Waals surface area contributed by atoms with Crippen LogP contribution in [-0.4, -0.2) is 20.1 Å². The molecule has 0 aromatic heterocycles. The second-order valence-corrected chi connectivity index (χ2v) is 0.947. The number of ether oxygens (including phenoxy) is 1. The lowest BCUT2D eigenvalue weighted by Crippen LogP contribution is -1.90. The maximum absolute atomic E-state index is 4.65. The number of hydrogen-bond donors (Lipinski definition) is 0. The predicted molar refractivity (Wildman–Crippen MR) is 48.7 cm³/mol. The highest BCUT2D eigenvalue weighted by atomic mass is 16.5. The maximum atomic E-state index is 4.65. The molecule has 0 heterocycles. The summed E-state index contributed by atoms with van der Waals surface area (Å²) in [5.74, 6) is 0.718. The topological polar surface area (TPSA) is 21.6 Å². The summed E-state index contributed by atoms with van der Waals surface area (Å²) in [5, 5.41) is 0. The minimum atomic E-state index is 0.718. The first-order valence-corrected chi connectivity index (χ1v) is 3.78. The Balaban J connectivity index is -0.000000105. The van der Waals surface area contributed by atoms with Crippen molar-refractivity contribution in [2.75, 3.05) is 14.2 Å². The van der Waals surface area contributed by atoms with E-state index in [1.807, 2.05) is 27.7 Å². The largest absolute Gasteiger partial charge is 0.485 e. The van der Waals surface area contributed by atoms with Gasteiger partial charge in [-0.15, -0.1) is 0 Å². The highest BCUT2D eigenvalue weighted by Gasteiger charge is 1.74. The van der Waals surface area contributed by atoms with Crippen LogP contribution < -0.4 is 0 Å². The molecular formula is C8H21NO. The van der Waals surface area contributed by atoms with Gasteiger partial charge in [0.2, 0.25) is 0 Å². The van der Waals surface area contributed by atoms with Crippen molar-refractivity contribution in [3.05, 3.63) is 0 Å². The fourth-order valence-electron chi connectivity index (χ4n) is 0.0913. The Hall–Kier alpha value is -0.530. The quantitative estimate of drug-likeness (QED) is 0.381. The van der Waals surface area contributed by atoms with Crippen LogP contribution in [0.5, 0.6) is 0 Å². The molecule has 0 radical (unpaired) electrons. The van der Waals surface area contributed by atoms with Gasteiger partial charge >= 0.3 is 0 Å². The summed E-state index contributed by atoms with van der Waals surface area (Å²) in [6.45, 7) is 9.81. The van der Waals surface area contributed by atoms with E-state index in [9.17, 15) is 0 Å². The molecule has 0 amide bonds. The molecule has 64 valence electrons. The molecule has 0 bridgehead atoms. The number of hydrogen-bond acceptors (Lipinski definition) is 2. The molecule has 2 nitrogen and oxygen atoms in total. The summed E-state index contributed by atoms with van der Waals surface area (Å²) in [7, 11) is 3.29. The van der Waals surface area contributed by atoms with Gasteiger partial charge < -0.3 is 4.74 Å². The fraction of sp³-hybridized carbons (Fsp3) is 0.875. The molecule has 0 aliphatic rings. The van der Waals surface area contributed by atoms with Crippen LogP contribution in [0.2, 0.25) is 0 Å². The van der Waals surface area contributed by atoms with Crippen molar-refractivity contribution < 1.29 is 4.74 Å². The van der Waals surface area contributed by atoms with Crippen LogP contribution in [0.15, 0.2) is 4.99 Å². The molecule has 0 aliphatic heterocycles. The summed E-state index contributed by atoms with van der Waals surface area (Å²) < 4.78 is 4.65. The molecule has 10 heavy (non-hydrogen) atoms. The van der Waals surface area contributed by atoms with Crippen molar-refractivity contribution in [1.82, 2.24) is 0 Å². The van der Waals surface area contributed by atoms with Crippen molar-refractivity contribution in [2.24, 2.45) is 4.99 Å². The van der Waals surface area contributed by atoms with Crippen LogP contribution in [0.1, 0.15) is 34.6 Å². The minimum absolute atomic E-state index is 0.718. The molecule has 0 rings (SSSR count). The van der Waals surface area contributed by atoms with E-state index in [-0.39, 0.29) is 0 Å². The number of methoxy groups -OCH3 is 1. The van der Waals surface area contributed by atoms with Crippen molar-refractivity contribution in [3.8, 4) is 0 Å². The highest BCUT2D eigenvalue weighted by Crippen LogP contribution is 1.69. The Morgan fingerprint density at radius 1 is 1.10 bits per heavy atom. The fourth-order valence-corrected chi connectivity index (χ4v) is 0.0913. The molecule has 0 aromatic carbocycles. The summed E-state index contributed by atoms with van der Waals surface area (Å²) in [6.07, 6.45) is 0. The van der Waals surface area contributed by atoms with Crippen molar-refractivity contribution in [3.63, 3.8) is 0 Å². The second-order valence-electron chi connectivity index (χ2n) is 0.947. The average molecular weight is 147 g/mol. The highest BCUT2D eigenvalue weighted by molar-refractivity contribution is 5.72. The zero-order valence-electron chi connectivity index (χ0n) is 8.36. The SMILES string of the molecule is CC.CC.CN=C(C)OC. The maximum Gasteiger partial charge on any atom is 0.179 e. The van der Waals surface area contributed by atoms with Gasteiger partial charge in [0.1, 0.15) is 0 Å². The smallest absolute Gasteiger partial charge is 0.179 e. The van der Waals surface area contributed by atoms with E-state index in [1.54, 1.807) is 21.1 Å². The Morgan fingerprint density at radius 3 is 1.40 bits per heavy atom. The standard InChI is InChI=1S/C4H9NO.2C2H6/c1-4(5-2)6-3;2*1-2/h1-3H3;2*1-2H3. The van der Waals surface area contributed by atoms with Crippen LogP contribution in [0.3, 0.4) is 0 Å². The molecule has 0 N–H and O–H groups in total. The van der Waals surface area contributed by atoms with Crippen molar-refractivity contribution >= 4 is 5.90 Å². The summed E-state index contributed by atoms with van der Waals surface area (Å²) in [4.78, 5) is 3.70. The van der Waals surface area contributed by atoms with Gasteiger partial charge in [0, 0.05) is 14.0 Å². The van der Waals surface area contributed by atoms with Crippen LogP contribution in [0, 0.1) is 0 Å². The monoisotopic (exact) mass is 147 g/mol. The van der Waals surface area contributed by atoms with Gasteiger partial charge in [-0.05, 0) is 0 Å². The Kier molecular flexibility index (Phi) is 38.4. The lowest BCUT2D eigenvalue weighted by molar-refractivity contribution is 0.399. The molecular weight excluding hydrogens is 126 g/mol. The molecule has 2 heteroatoms. The molecule has 0 saturated carbocycles. The zero-order valence-corrected chi connectivity index (χ0v) is 8.36. The molecule has 0 spiro atoms. The Bertz CT molecular complexity index is 60.3. The van der Waals surface area contributed by atoms with Crippen molar-refractivity contribution in [1.29, 1.82) is 0 Å². The third-order valence-electron chi connectivity index (χ3n) is 0.610. The van der Waals surface area contributed by atoms with Gasteiger partial charge in [-0.3, -0.25) is 4.99 Å². The molecule has 0 atom stereocenters. The Morgan fingerprint density at radius 2 is 1.40 bits per heavy atom. The van der Waals surface area contributed by atoms with Crippen LogP contribution in [0.25, 0.3) is 0 Å². The minimum Gasteiger partial charge on any atom is -0.485 e. The molecule has 0 aliphatic carbocycles. The van der Waals surface area contributed by atoms with Crippen molar-refractivity contribution in [2.45, 2.75) is 34.6 Å². The first-order valence-electron chi connectivity index (χ1n) is 3.78. The second kappa shape index (κ2) is 23.7. The van der Waals surface area contributed by atoms with Gasteiger partial charge in [-0.25, -0.2) is 0 Å². The zero-order chi connectivity index (χ0) is 8.99. The molecule has 0 saturated heterocycles. The van der Waals surface area contributed by atoms with Gasteiger partial charge in [-0.1, -0.05) is 27.7 Å². The third kappa shape index (κ3) is 26.0. The van der Waals surface area contributed by atoms with Crippen LogP contribution in [0.4, 0.5) is 0 Å². The Labute approximate surface area is 65.3 Å². The van der Waals surface area contributed by atoms with E-state index in [0.29, 0.717) is 0 Å². The average Bonchev–Trinajstić information content (AvgIpc) is 2.10. The van der Waals surface area contributed by atoms with Gasteiger partial charge in [-0.2, -0.15) is 0 Å². The lowest BCUT2D eigenvalue weighted by atomic mass is 10.8. The van der Waals surface area contributed by atoms with Gasteiger partial charge in [0.05, 0.1) is 7.11 Å². The van der Waals surface area contributed by atoms with Gasteiger partial charge in [0.25, 0.3) is 0 Å². The first-order chi connectivity index (χ1) is 4.81. The summed E-state index contributed by atoms with van der Waals surface area (Å²) in [5.41, 5.74) is 0. The normalized spacial score (nSPS) is 8.10. The third-order valence-corrected chi connectivity index (χ3v) is 0.610. The number of aliphatic imine (C=N–C) groups is 1. The number of nitrogens with zero attached hydrogens (tertiary/aromatic N) is 1. The lowest BCUT2D eigenvalue weighted by Gasteiger charge is -1.90. The first kappa shape index (κ1) is 16.2. The van der Waals surface area contributed by atoms with E-state index in [2.05, 4.69) is 9.73 Å². The van der Waals surface area contributed by atoms with E-state index < -0.39 is 0 Å². The summed E-state index contributed by atoms with van der Waals surface area (Å²) >= 11 is 0. The van der Waals surface area contributed by atoms with E-state index in [0.717, 1.165) is 5.90 Å².